The summed E-state index contributed by atoms with van der Waals surface area (Å²) in [5, 5.41) is 2.68. The van der Waals surface area contributed by atoms with Crippen LogP contribution in [0, 0.1) is 6.92 Å². The Bertz CT molecular complexity index is 1980. The van der Waals surface area contributed by atoms with Gasteiger partial charge in [-0.05, 0) is 69.1 Å². The Morgan fingerprint density at radius 3 is 1.85 bits per heavy atom. The summed E-state index contributed by atoms with van der Waals surface area (Å²) in [5.41, 5.74) is 11.5. The maximum atomic E-state index is 2.47. The molecule has 0 amide bonds. The summed E-state index contributed by atoms with van der Waals surface area (Å²) < 4.78 is 2.70. The highest BCUT2D eigenvalue weighted by Gasteiger charge is 2.45. The number of thiophene rings is 1. The van der Waals surface area contributed by atoms with Crippen molar-refractivity contribution in [1.29, 1.82) is 0 Å². The lowest BCUT2D eigenvalue weighted by Crippen LogP contribution is -2.28. The third kappa shape index (κ3) is 3.11. The molecule has 0 radical (unpaired) electrons. The quantitative estimate of drug-likeness (QED) is 0.220. The van der Waals surface area contributed by atoms with E-state index in [9.17, 15) is 0 Å². The smallest absolute Gasteiger partial charge is 0.0713 e. The molecule has 1 heterocycles. The third-order valence-corrected chi connectivity index (χ3v) is 9.74. The fourth-order valence-corrected chi connectivity index (χ4v) is 8.05. The summed E-state index contributed by atoms with van der Waals surface area (Å²) in [6.07, 6.45) is 0. The summed E-state index contributed by atoms with van der Waals surface area (Å²) >= 11 is 1.90. The van der Waals surface area contributed by atoms with Crippen LogP contribution in [0.25, 0.3) is 42.4 Å². The predicted molar refractivity (Wildman–Crippen MR) is 167 cm³/mol. The molecule has 0 nitrogen and oxygen atoms in total. The molecular formula is C38H26S. The maximum Gasteiger partial charge on any atom is 0.0713 e. The number of hydrogen-bond acceptors (Lipinski definition) is 1. The number of aryl methyl sites for hydroxylation is 1. The molecule has 1 aliphatic carbocycles. The molecule has 0 spiro atoms. The third-order valence-electron chi connectivity index (χ3n) is 8.52. The second kappa shape index (κ2) is 8.53. The number of benzene rings is 6. The first-order valence-corrected chi connectivity index (χ1v) is 14.3. The zero-order valence-electron chi connectivity index (χ0n) is 21.7. The summed E-state index contributed by atoms with van der Waals surface area (Å²) in [5.74, 6) is 0. The van der Waals surface area contributed by atoms with Crippen LogP contribution in [0.15, 0.2) is 140 Å². The molecule has 0 fully saturated rings. The van der Waals surface area contributed by atoms with E-state index in [0.29, 0.717) is 0 Å². The van der Waals surface area contributed by atoms with Crippen molar-refractivity contribution in [3.8, 4) is 22.3 Å². The van der Waals surface area contributed by atoms with E-state index in [1.807, 2.05) is 11.3 Å². The molecule has 0 unspecified atom stereocenters. The minimum Gasteiger partial charge on any atom is -0.135 e. The van der Waals surface area contributed by atoms with Crippen LogP contribution in [0.2, 0.25) is 0 Å². The van der Waals surface area contributed by atoms with E-state index < -0.39 is 0 Å². The van der Waals surface area contributed by atoms with E-state index in [1.54, 1.807) is 0 Å². The lowest BCUT2D eigenvalue weighted by molar-refractivity contribution is 0.768. The van der Waals surface area contributed by atoms with Gasteiger partial charge in [0.05, 0.1) is 5.41 Å². The second-order valence-corrected chi connectivity index (χ2v) is 11.6. The van der Waals surface area contributed by atoms with Gasteiger partial charge in [0.1, 0.15) is 0 Å². The van der Waals surface area contributed by atoms with Crippen molar-refractivity contribution in [3.63, 3.8) is 0 Å². The molecule has 184 valence electrons. The van der Waals surface area contributed by atoms with Crippen molar-refractivity contribution in [3.05, 3.63) is 167 Å². The van der Waals surface area contributed by atoms with Gasteiger partial charge < -0.3 is 0 Å². The van der Waals surface area contributed by atoms with Gasteiger partial charge in [-0.3, -0.25) is 0 Å². The van der Waals surface area contributed by atoms with Crippen LogP contribution < -0.4 is 0 Å². The lowest BCUT2D eigenvalue weighted by Gasteiger charge is -2.34. The Hall–Kier alpha value is -4.46. The van der Waals surface area contributed by atoms with Gasteiger partial charge in [0.2, 0.25) is 0 Å². The van der Waals surface area contributed by atoms with E-state index in [0.717, 1.165) is 0 Å². The van der Waals surface area contributed by atoms with Gasteiger partial charge in [-0.15, -0.1) is 11.3 Å². The molecule has 39 heavy (non-hydrogen) atoms. The van der Waals surface area contributed by atoms with Gasteiger partial charge in [0, 0.05) is 20.2 Å². The van der Waals surface area contributed by atoms with E-state index in [2.05, 4.69) is 146 Å². The predicted octanol–water partition coefficient (Wildman–Crippen LogP) is 10.4. The Kier molecular flexibility index (Phi) is 4.92. The van der Waals surface area contributed by atoms with Crippen molar-refractivity contribution < 1.29 is 0 Å². The van der Waals surface area contributed by atoms with Gasteiger partial charge >= 0.3 is 0 Å². The monoisotopic (exact) mass is 514 g/mol. The van der Waals surface area contributed by atoms with Crippen LogP contribution in [0.5, 0.6) is 0 Å². The number of fused-ring (bicyclic) bond motifs is 6. The maximum absolute atomic E-state index is 2.47. The topological polar surface area (TPSA) is 0 Å². The minimum absolute atomic E-state index is 0.384. The Morgan fingerprint density at radius 2 is 1.08 bits per heavy atom. The van der Waals surface area contributed by atoms with Crippen LogP contribution in [0.4, 0.5) is 0 Å². The molecule has 0 aliphatic heterocycles. The molecule has 0 bridgehead atoms. The molecule has 0 atom stereocenters. The second-order valence-electron chi connectivity index (χ2n) is 10.5. The highest BCUT2D eigenvalue weighted by atomic mass is 32.1. The van der Waals surface area contributed by atoms with E-state index in [-0.39, 0.29) is 5.41 Å². The molecular weight excluding hydrogens is 488 g/mol. The Balaban J connectivity index is 1.46. The zero-order valence-corrected chi connectivity index (χ0v) is 22.5. The molecule has 7 aromatic rings. The molecule has 1 heteroatoms. The van der Waals surface area contributed by atoms with Gasteiger partial charge in [0.15, 0.2) is 0 Å². The molecule has 0 saturated carbocycles. The van der Waals surface area contributed by atoms with Gasteiger partial charge in [-0.2, -0.15) is 0 Å². The largest absolute Gasteiger partial charge is 0.135 e. The average molecular weight is 515 g/mol. The van der Waals surface area contributed by atoms with E-state index >= 15 is 0 Å². The highest BCUT2D eigenvalue weighted by Crippen LogP contribution is 2.56. The molecule has 1 aliphatic rings. The first-order chi connectivity index (χ1) is 19.3. The van der Waals surface area contributed by atoms with Crippen LogP contribution in [-0.4, -0.2) is 0 Å². The number of hydrogen-bond donors (Lipinski definition) is 0. The molecule has 8 rings (SSSR count). The summed E-state index contributed by atoms with van der Waals surface area (Å²) in [6.45, 7) is 2.25. The summed E-state index contributed by atoms with van der Waals surface area (Å²) in [4.78, 5) is 0. The van der Waals surface area contributed by atoms with Crippen LogP contribution >= 0.6 is 11.3 Å². The fraction of sp³-hybridized carbons (Fsp3) is 0.0526. The number of rotatable bonds is 3. The average Bonchev–Trinajstić information content (AvgIpc) is 3.52. The van der Waals surface area contributed by atoms with Crippen molar-refractivity contribution in [1.82, 2.24) is 0 Å². The lowest BCUT2D eigenvalue weighted by atomic mass is 9.67. The normalized spacial score (nSPS) is 13.5. The zero-order chi connectivity index (χ0) is 26.0. The van der Waals surface area contributed by atoms with Crippen LogP contribution in [0.3, 0.4) is 0 Å². The van der Waals surface area contributed by atoms with Crippen LogP contribution in [-0.2, 0) is 5.41 Å². The minimum atomic E-state index is -0.384. The van der Waals surface area contributed by atoms with E-state index in [4.69, 9.17) is 0 Å². The van der Waals surface area contributed by atoms with Crippen molar-refractivity contribution in [2.24, 2.45) is 0 Å². The SMILES string of the molecule is Cc1ccc(C2(c3ccccc3)c3ccccc3-c3ccccc32)cc1-c1cccc2c1sc1ccccc12. The summed E-state index contributed by atoms with van der Waals surface area (Å²) in [6, 6.07) is 51.7. The van der Waals surface area contributed by atoms with Gasteiger partial charge in [-0.25, -0.2) is 0 Å². The first kappa shape index (κ1) is 22.5. The molecule has 0 N–H and O–H groups in total. The van der Waals surface area contributed by atoms with Crippen LogP contribution in [0.1, 0.15) is 27.8 Å². The Morgan fingerprint density at radius 1 is 0.462 bits per heavy atom. The van der Waals surface area contributed by atoms with Gasteiger partial charge in [0.25, 0.3) is 0 Å². The van der Waals surface area contributed by atoms with Crippen molar-refractivity contribution >= 4 is 31.5 Å². The molecule has 0 saturated heterocycles. The Labute approximate surface area is 232 Å². The van der Waals surface area contributed by atoms with E-state index in [1.165, 1.54) is 70.2 Å². The van der Waals surface area contributed by atoms with Crippen molar-refractivity contribution in [2.45, 2.75) is 12.3 Å². The highest BCUT2D eigenvalue weighted by molar-refractivity contribution is 7.26. The van der Waals surface area contributed by atoms with Gasteiger partial charge in [-0.1, -0.05) is 127 Å². The molecule has 1 aromatic heterocycles. The van der Waals surface area contributed by atoms with Crippen molar-refractivity contribution in [2.75, 3.05) is 0 Å². The first-order valence-electron chi connectivity index (χ1n) is 13.5. The molecule has 6 aromatic carbocycles. The fourth-order valence-electron chi connectivity index (χ4n) is 6.82. The standard InChI is InChI=1S/C38H26S/c1-25-22-23-27(24-33(25)32-18-11-17-31-30-16-7-10-21-36(30)39-37(31)32)38(26-12-3-2-4-13-26)34-19-8-5-14-28(34)29-15-6-9-20-35(29)38/h2-24H,1H3. The summed E-state index contributed by atoms with van der Waals surface area (Å²) in [7, 11) is 0.